The van der Waals surface area contributed by atoms with Gasteiger partial charge in [0.25, 0.3) is 5.88 Å². The van der Waals surface area contributed by atoms with Crippen molar-refractivity contribution in [3.63, 3.8) is 0 Å². The standard InChI is InChI=1S/C9H8N4O3S/c10-7-3-1-2-4-8(7)17(14,15)16-9-5-6-11-13-12-9/h1-6H,10H2. The zero-order valence-corrected chi connectivity index (χ0v) is 9.33. The van der Waals surface area contributed by atoms with E-state index in [0.29, 0.717) is 0 Å². The summed E-state index contributed by atoms with van der Waals surface area (Å²) >= 11 is 0. The summed E-state index contributed by atoms with van der Waals surface area (Å²) in [5.74, 6) is -0.164. The Kier molecular flexibility index (Phi) is 2.88. The maximum absolute atomic E-state index is 11.8. The molecule has 0 fully saturated rings. The highest BCUT2D eigenvalue weighted by Crippen LogP contribution is 2.20. The molecule has 0 aliphatic carbocycles. The molecule has 0 saturated heterocycles. The lowest BCUT2D eigenvalue weighted by Gasteiger charge is -2.06. The van der Waals surface area contributed by atoms with Gasteiger partial charge in [0.05, 0.1) is 11.9 Å². The van der Waals surface area contributed by atoms with Gasteiger partial charge in [-0.3, -0.25) is 0 Å². The number of nitrogens with zero attached hydrogens (tertiary/aromatic N) is 3. The second kappa shape index (κ2) is 4.34. The molecule has 1 heterocycles. The Morgan fingerprint density at radius 2 is 1.94 bits per heavy atom. The fourth-order valence-corrected chi connectivity index (χ4v) is 2.15. The molecule has 0 unspecified atom stereocenters. The average Bonchev–Trinajstić information content (AvgIpc) is 2.30. The number of anilines is 1. The van der Waals surface area contributed by atoms with Crippen LogP contribution in [0.15, 0.2) is 41.4 Å². The number of hydrogen-bond donors (Lipinski definition) is 1. The van der Waals surface area contributed by atoms with Crippen LogP contribution < -0.4 is 9.92 Å². The van der Waals surface area contributed by atoms with E-state index < -0.39 is 10.1 Å². The zero-order valence-electron chi connectivity index (χ0n) is 8.52. The van der Waals surface area contributed by atoms with Gasteiger partial charge in [-0.15, -0.1) is 5.10 Å². The minimum atomic E-state index is -4.00. The highest BCUT2D eigenvalue weighted by atomic mass is 32.2. The molecule has 0 bridgehead atoms. The molecule has 8 heteroatoms. The van der Waals surface area contributed by atoms with Crippen LogP contribution in [0, 0.1) is 0 Å². The Hall–Kier alpha value is -2.22. The fourth-order valence-electron chi connectivity index (χ4n) is 1.14. The van der Waals surface area contributed by atoms with Gasteiger partial charge in [-0.1, -0.05) is 17.2 Å². The van der Waals surface area contributed by atoms with Crippen molar-refractivity contribution in [2.24, 2.45) is 0 Å². The molecule has 0 atom stereocenters. The number of nitrogen functional groups attached to an aromatic ring is 1. The Morgan fingerprint density at radius 1 is 1.18 bits per heavy atom. The molecule has 17 heavy (non-hydrogen) atoms. The fraction of sp³-hybridized carbons (Fsp3) is 0. The summed E-state index contributed by atoms with van der Waals surface area (Å²) in [6.45, 7) is 0. The van der Waals surface area contributed by atoms with E-state index in [1.807, 2.05) is 0 Å². The van der Waals surface area contributed by atoms with Gasteiger partial charge >= 0.3 is 10.1 Å². The summed E-state index contributed by atoms with van der Waals surface area (Å²) in [7, 11) is -4.00. The van der Waals surface area contributed by atoms with E-state index in [4.69, 9.17) is 9.92 Å². The van der Waals surface area contributed by atoms with Crippen molar-refractivity contribution in [3.8, 4) is 5.88 Å². The number of para-hydroxylation sites is 1. The number of hydrogen-bond acceptors (Lipinski definition) is 7. The Bertz CT molecular complexity index is 615. The minimum absolute atomic E-state index is 0.106. The van der Waals surface area contributed by atoms with E-state index in [2.05, 4.69) is 15.4 Å². The van der Waals surface area contributed by atoms with Crippen molar-refractivity contribution < 1.29 is 12.6 Å². The van der Waals surface area contributed by atoms with Crippen LogP contribution in [0.5, 0.6) is 5.88 Å². The van der Waals surface area contributed by atoms with Gasteiger partial charge < -0.3 is 9.92 Å². The number of benzene rings is 1. The summed E-state index contributed by atoms with van der Waals surface area (Å²) in [4.78, 5) is -0.112. The molecule has 1 aromatic heterocycles. The smallest absolute Gasteiger partial charge is 0.342 e. The van der Waals surface area contributed by atoms with Crippen LogP contribution in [0.3, 0.4) is 0 Å². The van der Waals surface area contributed by atoms with Gasteiger partial charge in [0.2, 0.25) is 0 Å². The topological polar surface area (TPSA) is 108 Å². The molecule has 2 N–H and O–H groups in total. The van der Waals surface area contributed by atoms with Crippen molar-refractivity contribution in [2.75, 3.05) is 5.73 Å². The molecular formula is C9H8N4O3S. The lowest BCUT2D eigenvalue weighted by molar-refractivity contribution is 0.469. The third-order valence-electron chi connectivity index (χ3n) is 1.86. The van der Waals surface area contributed by atoms with Crippen LogP contribution in [0.25, 0.3) is 0 Å². The monoisotopic (exact) mass is 252 g/mol. The van der Waals surface area contributed by atoms with E-state index in [1.54, 1.807) is 12.1 Å². The largest absolute Gasteiger partial charge is 0.398 e. The Morgan fingerprint density at radius 3 is 2.59 bits per heavy atom. The number of rotatable bonds is 3. The van der Waals surface area contributed by atoms with Gasteiger partial charge in [-0.05, 0) is 17.3 Å². The molecule has 7 nitrogen and oxygen atoms in total. The molecule has 0 saturated carbocycles. The van der Waals surface area contributed by atoms with Crippen molar-refractivity contribution in [3.05, 3.63) is 36.5 Å². The van der Waals surface area contributed by atoms with E-state index in [9.17, 15) is 8.42 Å². The zero-order chi connectivity index (χ0) is 12.3. The van der Waals surface area contributed by atoms with Gasteiger partial charge in [-0.2, -0.15) is 8.42 Å². The Labute approximate surface area is 97.4 Å². The molecular weight excluding hydrogens is 244 g/mol. The highest BCUT2D eigenvalue weighted by molar-refractivity contribution is 7.87. The van der Waals surface area contributed by atoms with Crippen LogP contribution >= 0.6 is 0 Å². The van der Waals surface area contributed by atoms with Gasteiger partial charge in [0, 0.05) is 6.07 Å². The van der Waals surface area contributed by atoms with Crippen molar-refractivity contribution in [2.45, 2.75) is 4.90 Å². The predicted octanol–water partition coefficient (Wildman–Crippen LogP) is 0.221. The Balaban J connectivity index is 2.36. The normalized spacial score (nSPS) is 11.1. The lowest BCUT2D eigenvalue weighted by atomic mass is 10.3. The van der Waals surface area contributed by atoms with E-state index in [0.717, 1.165) is 0 Å². The molecule has 0 amide bonds. The first-order valence-corrected chi connectivity index (χ1v) is 5.94. The summed E-state index contributed by atoms with van der Waals surface area (Å²) in [5.41, 5.74) is 5.66. The minimum Gasteiger partial charge on any atom is -0.398 e. The quantitative estimate of drug-likeness (QED) is 0.614. The van der Waals surface area contributed by atoms with E-state index in [1.165, 1.54) is 24.4 Å². The van der Waals surface area contributed by atoms with Crippen molar-refractivity contribution >= 4 is 15.8 Å². The van der Waals surface area contributed by atoms with E-state index >= 15 is 0 Å². The van der Waals surface area contributed by atoms with E-state index in [-0.39, 0.29) is 16.5 Å². The van der Waals surface area contributed by atoms with Crippen LogP contribution in [0.4, 0.5) is 5.69 Å². The lowest BCUT2D eigenvalue weighted by Crippen LogP contribution is -2.13. The molecule has 0 aliphatic rings. The molecule has 0 aliphatic heterocycles. The third-order valence-corrected chi connectivity index (χ3v) is 3.16. The molecule has 0 spiro atoms. The van der Waals surface area contributed by atoms with Crippen molar-refractivity contribution in [1.82, 2.24) is 15.4 Å². The van der Waals surface area contributed by atoms with Gasteiger partial charge in [-0.25, -0.2) is 0 Å². The first-order valence-electron chi connectivity index (χ1n) is 4.53. The van der Waals surface area contributed by atoms with Crippen molar-refractivity contribution in [1.29, 1.82) is 0 Å². The summed E-state index contributed by atoms with van der Waals surface area (Å²) in [5, 5.41) is 10.1. The molecule has 2 aromatic rings. The SMILES string of the molecule is Nc1ccccc1S(=O)(=O)Oc1ccnnn1. The summed E-state index contributed by atoms with van der Waals surface area (Å²) < 4.78 is 28.4. The molecule has 2 rings (SSSR count). The van der Waals surface area contributed by atoms with Gasteiger partial charge in [0.15, 0.2) is 0 Å². The highest BCUT2D eigenvalue weighted by Gasteiger charge is 2.20. The second-order valence-electron chi connectivity index (χ2n) is 3.03. The molecule has 0 radical (unpaired) electrons. The maximum Gasteiger partial charge on any atom is 0.342 e. The van der Waals surface area contributed by atoms with Gasteiger partial charge in [0.1, 0.15) is 4.90 Å². The third kappa shape index (κ3) is 2.48. The number of nitrogens with two attached hydrogens (primary N) is 1. The van der Waals surface area contributed by atoms with Crippen LogP contribution in [0.1, 0.15) is 0 Å². The predicted molar refractivity (Wildman–Crippen MR) is 58.5 cm³/mol. The summed E-state index contributed by atoms with van der Waals surface area (Å²) in [6.07, 6.45) is 1.27. The van der Waals surface area contributed by atoms with Crippen LogP contribution in [-0.2, 0) is 10.1 Å². The maximum atomic E-state index is 11.8. The number of aromatic nitrogens is 3. The molecule has 1 aromatic carbocycles. The first-order chi connectivity index (χ1) is 8.09. The van der Waals surface area contributed by atoms with Crippen LogP contribution in [0.2, 0.25) is 0 Å². The first kappa shape index (κ1) is 11.3. The van der Waals surface area contributed by atoms with Crippen LogP contribution in [-0.4, -0.2) is 23.8 Å². The average molecular weight is 252 g/mol. The second-order valence-corrected chi connectivity index (χ2v) is 4.55. The summed E-state index contributed by atoms with van der Waals surface area (Å²) in [6, 6.07) is 7.27. The molecule has 88 valence electrons.